The van der Waals surface area contributed by atoms with Gasteiger partial charge >= 0.3 is 6.03 Å². The zero-order valence-corrected chi connectivity index (χ0v) is 28.8. The number of fused-ring (bicyclic) bond motifs is 1. The molecule has 1 aliphatic carbocycles. The number of benzene rings is 3. The number of aromatic nitrogens is 5. The predicted octanol–water partition coefficient (Wildman–Crippen LogP) is 7.97. The van der Waals surface area contributed by atoms with Crippen LogP contribution in [0.2, 0.25) is 0 Å². The van der Waals surface area contributed by atoms with E-state index in [0.29, 0.717) is 40.7 Å². The van der Waals surface area contributed by atoms with Crippen LogP contribution in [0.5, 0.6) is 17.5 Å². The van der Waals surface area contributed by atoms with Crippen molar-refractivity contribution in [3.63, 3.8) is 0 Å². The van der Waals surface area contributed by atoms with Crippen LogP contribution in [0.1, 0.15) is 39.3 Å². The molecule has 0 saturated heterocycles. The summed E-state index contributed by atoms with van der Waals surface area (Å²) in [5.41, 5.74) is 2.55. The quantitative estimate of drug-likeness (QED) is 0.130. The molecule has 3 aromatic carbocycles. The van der Waals surface area contributed by atoms with Crippen LogP contribution in [0.4, 0.5) is 27.9 Å². The van der Waals surface area contributed by atoms with Crippen LogP contribution in [-0.2, 0) is 16.2 Å². The standard InChI is InChI=1S/C37H36N8O4S/c1-37(2,3)31-21-32(45(44-31)24-12-17-33(48-4)39-22-24)42-36(46)41-29-15-16-30(28-11-6-5-10-27(28)29)49-34-18-19-38-35(43-34)40-23-8-7-9-26(20-23)50(47)25-13-14-25/h5-12,15-22,25H,13-14H2,1-4H3,(H,38,40,43)(H2,41,42,46). The van der Waals surface area contributed by atoms with Crippen molar-refractivity contribution in [2.45, 2.75) is 49.2 Å². The van der Waals surface area contributed by atoms with E-state index in [1.807, 2.05) is 60.7 Å². The third-order valence-electron chi connectivity index (χ3n) is 8.02. The molecule has 1 unspecified atom stereocenters. The van der Waals surface area contributed by atoms with E-state index in [2.05, 4.69) is 51.7 Å². The molecule has 1 atom stereocenters. The Kier molecular flexibility index (Phi) is 8.89. The van der Waals surface area contributed by atoms with Gasteiger partial charge in [-0.15, -0.1) is 0 Å². The molecule has 0 aliphatic heterocycles. The van der Waals surface area contributed by atoms with Crippen LogP contribution in [0.25, 0.3) is 16.5 Å². The summed E-state index contributed by atoms with van der Waals surface area (Å²) in [5.74, 6) is 2.19. The lowest BCUT2D eigenvalue weighted by atomic mass is 9.92. The van der Waals surface area contributed by atoms with E-state index in [1.54, 1.807) is 48.5 Å². The van der Waals surface area contributed by atoms with E-state index in [4.69, 9.17) is 14.6 Å². The molecule has 1 saturated carbocycles. The number of carbonyl (C=O) groups excluding carboxylic acids is 1. The summed E-state index contributed by atoms with van der Waals surface area (Å²) >= 11 is 0. The van der Waals surface area contributed by atoms with Crippen LogP contribution in [0.3, 0.4) is 0 Å². The number of amides is 2. The van der Waals surface area contributed by atoms with Gasteiger partial charge in [0.25, 0.3) is 0 Å². The highest BCUT2D eigenvalue weighted by Gasteiger charge is 2.29. The lowest BCUT2D eigenvalue weighted by molar-refractivity contribution is 0.262. The second-order valence-electron chi connectivity index (χ2n) is 12.8. The maximum Gasteiger partial charge on any atom is 0.324 e. The van der Waals surface area contributed by atoms with Gasteiger partial charge in [-0.25, -0.2) is 19.4 Å². The average Bonchev–Trinajstić information content (AvgIpc) is 3.88. The van der Waals surface area contributed by atoms with Crippen LogP contribution < -0.4 is 25.4 Å². The minimum Gasteiger partial charge on any atom is -0.481 e. The van der Waals surface area contributed by atoms with E-state index in [-0.39, 0.29) is 10.7 Å². The number of nitrogens with one attached hydrogen (secondary N) is 3. The van der Waals surface area contributed by atoms with Gasteiger partial charge in [-0.3, -0.25) is 9.53 Å². The minimum atomic E-state index is -1.01. The highest BCUT2D eigenvalue weighted by Crippen LogP contribution is 2.35. The van der Waals surface area contributed by atoms with Crippen LogP contribution >= 0.6 is 0 Å². The van der Waals surface area contributed by atoms with Gasteiger partial charge in [0, 0.05) is 56.4 Å². The fourth-order valence-corrected chi connectivity index (χ4v) is 6.67. The first-order valence-corrected chi connectivity index (χ1v) is 17.4. The number of methoxy groups -OCH3 is 1. The second kappa shape index (κ2) is 13.6. The Labute approximate surface area is 291 Å². The smallest absolute Gasteiger partial charge is 0.324 e. The molecule has 50 heavy (non-hydrogen) atoms. The van der Waals surface area contributed by atoms with Gasteiger partial charge in [-0.2, -0.15) is 10.1 Å². The summed E-state index contributed by atoms with van der Waals surface area (Å²) in [5, 5.41) is 15.7. The molecule has 3 N–H and O–H groups in total. The largest absolute Gasteiger partial charge is 0.481 e. The third kappa shape index (κ3) is 7.27. The number of urea groups is 1. The highest BCUT2D eigenvalue weighted by molar-refractivity contribution is 7.86. The molecular weight excluding hydrogens is 653 g/mol. The van der Waals surface area contributed by atoms with Crippen LogP contribution in [0.15, 0.2) is 102 Å². The van der Waals surface area contributed by atoms with Gasteiger partial charge in [-0.05, 0) is 49.2 Å². The summed E-state index contributed by atoms with van der Waals surface area (Å²) in [6, 6.07) is 25.4. The number of pyridine rings is 1. The fourth-order valence-electron chi connectivity index (χ4n) is 5.27. The Hall–Kier alpha value is -5.82. The van der Waals surface area contributed by atoms with E-state index in [0.717, 1.165) is 39.9 Å². The summed E-state index contributed by atoms with van der Waals surface area (Å²) in [4.78, 5) is 27.4. The number of anilines is 4. The second-order valence-corrected chi connectivity index (χ2v) is 14.6. The minimum absolute atomic E-state index is 0.248. The monoisotopic (exact) mass is 688 g/mol. The maximum atomic E-state index is 13.5. The van der Waals surface area contributed by atoms with Crippen LogP contribution in [0, 0.1) is 0 Å². The molecule has 2 amide bonds. The van der Waals surface area contributed by atoms with E-state index in [9.17, 15) is 9.00 Å². The maximum absolute atomic E-state index is 13.5. The first kappa shape index (κ1) is 32.7. The number of rotatable bonds is 10. The molecule has 0 bridgehead atoms. The molecule has 254 valence electrons. The molecule has 3 aromatic heterocycles. The van der Waals surface area contributed by atoms with Gasteiger partial charge in [-0.1, -0.05) is 51.1 Å². The normalized spacial score (nSPS) is 13.4. The number of hydrogen-bond acceptors (Lipinski definition) is 9. The zero-order valence-electron chi connectivity index (χ0n) is 28.0. The molecule has 6 aromatic rings. The summed E-state index contributed by atoms with van der Waals surface area (Å²) < 4.78 is 25.8. The van der Waals surface area contributed by atoms with Gasteiger partial charge in [0.05, 0.1) is 41.2 Å². The van der Waals surface area contributed by atoms with E-state index >= 15 is 0 Å². The average molecular weight is 689 g/mol. The van der Waals surface area contributed by atoms with Crippen molar-refractivity contribution in [2.24, 2.45) is 0 Å². The van der Waals surface area contributed by atoms with Gasteiger partial charge in [0.1, 0.15) is 11.6 Å². The fraction of sp³-hybridized carbons (Fsp3) is 0.216. The van der Waals surface area contributed by atoms with Gasteiger partial charge in [0.15, 0.2) is 0 Å². The molecular formula is C37H36N8O4S. The number of carbonyl (C=O) groups is 1. The van der Waals surface area contributed by atoms with Crippen molar-refractivity contribution in [3.05, 3.63) is 103 Å². The molecule has 12 nitrogen and oxygen atoms in total. The Morgan fingerprint density at radius 3 is 2.46 bits per heavy atom. The van der Waals surface area contributed by atoms with Gasteiger partial charge in [0.2, 0.25) is 17.7 Å². The SMILES string of the molecule is COc1ccc(-n2nc(C(C)(C)C)cc2NC(=O)Nc2ccc(Oc3ccnc(Nc4cccc(S(=O)C5CC5)c4)n3)c3ccccc23)cn1. The van der Waals surface area contributed by atoms with Crippen molar-refractivity contribution < 1.29 is 18.5 Å². The van der Waals surface area contributed by atoms with Crippen molar-refractivity contribution in [2.75, 3.05) is 23.1 Å². The Morgan fingerprint density at radius 1 is 0.900 bits per heavy atom. The number of ether oxygens (including phenoxy) is 2. The molecule has 1 aliphatic rings. The van der Waals surface area contributed by atoms with Crippen LogP contribution in [-0.4, -0.2) is 47.3 Å². The van der Waals surface area contributed by atoms with Gasteiger partial charge < -0.3 is 20.1 Å². The predicted molar refractivity (Wildman–Crippen MR) is 194 cm³/mol. The van der Waals surface area contributed by atoms with Crippen molar-refractivity contribution >= 4 is 50.7 Å². The van der Waals surface area contributed by atoms with Crippen molar-refractivity contribution in [1.82, 2.24) is 24.7 Å². The highest BCUT2D eigenvalue weighted by atomic mass is 32.2. The first-order chi connectivity index (χ1) is 24.1. The topological polar surface area (TPSA) is 145 Å². The van der Waals surface area contributed by atoms with E-state index < -0.39 is 16.8 Å². The number of hydrogen-bond donors (Lipinski definition) is 3. The molecule has 0 spiro atoms. The molecule has 7 rings (SSSR count). The first-order valence-electron chi connectivity index (χ1n) is 16.1. The Morgan fingerprint density at radius 2 is 1.72 bits per heavy atom. The zero-order chi connectivity index (χ0) is 34.8. The third-order valence-corrected chi connectivity index (χ3v) is 9.82. The Bertz CT molecular complexity index is 2210. The molecule has 13 heteroatoms. The van der Waals surface area contributed by atoms with Crippen molar-refractivity contribution in [1.29, 1.82) is 0 Å². The lowest BCUT2D eigenvalue weighted by Crippen LogP contribution is -2.21. The molecule has 0 radical (unpaired) electrons. The summed E-state index contributed by atoms with van der Waals surface area (Å²) in [6.45, 7) is 6.18. The van der Waals surface area contributed by atoms with Crippen molar-refractivity contribution in [3.8, 4) is 23.2 Å². The number of nitrogens with zero attached hydrogens (tertiary/aromatic N) is 5. The Balaban J connectivity index is 1.09. The van der Waals surface area contributed by atoms with E-state index in [1.165, 1.54) is 0 Å². The lowest BCUT2D eigenvalue weighted by Gasteiger charge is -2.14. The molecule has 1 fully saturated rings. The summed E-state index contributed by atoms with van der Waals surface area (Å²) in [7, 11) is 0.544. The molecule has 3 heterocycles. The summed E-state index contributed by atoms with van der Waals surface area (Å²) in [6.07, 6.45) is 5.25.